The molecule has 1 nitrogen and oxygen atoms in total. The Bertz CT molecular complexity index is 93.3. The minimum atomic E-state index is 0.198. The van der Waals surface area contributed by atoms with Crippen LogP contribution in [0.15, 0.2) is 0 Å². The lowest BCUT2D eigenvalue weighted by atomic mass is 9.69. The molecule has 0 fully saturated rings. The van der Waals surface area contributed by atoms with Gasteiger partial charge in [-0.25, -0.2) is 0 Å². The smallest absolute Gasteiger partial charge is 0.0489 e. The molecule has 0 aliphatic rings. The van der Waals surface area contributed by atoms with Crippen molar-refractivity contribution in [3.8, 4) is 0 Å². The lowest BCUT2D eigenvalue weighted by molar-refractivity contribution is 0.0469. The molecule has 0 bridgehead atoms. The fraction of sp³-hybridized carbons (Fsp3) is 1.00. The second-order valence-corrected chi connectivity index (χ2v) is 3.74. The average molecular weight is 172 g/mol. The minimum Gasteiger partial charge on any atom is -0.396 e. The topological polar surface area (TPSA) is 20.2 Å². The third-order valence-corrected chi connectivity index (χ3v) is 3.57. The van der Waals surface area contributed by atoms with Crippen LogP contribution in [0, 0.1) is 11.3 Å². The molecule has 0 atom stereocenters. The van der Waals surface area contributed by atoms with E-state index in [0.717, 1.165) is 12.8 Å². The summed E-state index contributed by atoms with van der Waals surface area (Å²) in [4.78, 5) is 0. The first-order valence-electron chi connectivity index (χ1n) is 5.31. The van der Waals surface area contributed by atoms with Gasteiger partial charge in [-0.05, 0) is 24.2 Å². The number of hydrogen-bond donors (Lipinski definition) is 1. The molecule has 0 spiro atoms. The summed E-state index contributed by atoms with van der Waals surface area (Å²) in [5, 5.41) is 9.41. The van der Waals surface area contributed by atoms with Crippen LogP contribution >= 0.6 is 0 Å². The average Bonchev–Trinajstić information content (AvgIpc) is 2.14. The van der Waals surface area contributed by atoms with Gasteiger partial charge in [0.15, 0.2) is 0 Å². The zero-order valence-electron chi connectivity index (χ0n) is 9.06. The zero-order chi connectivity index (χ0) is 9.61. The summed E-state index contributed by atoms with van der Waals surface area (Å²) >= 11 is 0. The highest BCUT2D eigenvalue weighted by atomic mass is 16.3. The minimum absolute atomic E-state index is 0.198. The second kappa shape index (κ2) is 5.58. The Morgan fingerprint density at radius 1 is 1.00 bits per heavy atom. The Labute approximate surface area is 77.2 Å². The SMILES string of the molecule is CCC(CC)C(CC)(CC)CO. The normalized spacial score (nSPS) is 12.5. The first kappa shape index (κ1) is 12.0. The predicted octanol–water partition coefficient (Wildman–Crippen LogP) is 3.22. The summed E-state index contributed by atoms with van der Waals surface area (Å²) in [6.07, 6.45) is 4.59. The van der Waals surface area contributed by atoms with Crippen molar-refractivity contribution < 1.29 is 5.11 Å². The summed E-state index contributed by atoms with van der Waals surface area (Å²) < 4.78 is 0. The van der Waals surface area contributed by atoms with Crippen LogP contribution in [0.4, 0.5) is 0 Å². The van der Waals surface area contributed by atoms with E-state index in [1.54, 1.807) is 0 Å². The van der Waals surface area contributed by atoms with Crippen LogP contribution in [0.1, 0.15) is 53.4 Å². The number of hydrogen-bond acceptors (Lipinski definition) is 1. The summed E-state index contributed by atoms with van der Waals surface area (Å²) in [5.41, 5.74) is 0.198. The van der Waals surface area contributed by atoms with Crippen molar-refractivity contribution in [3.63, 3.8) is 0 Å². The molecule has 0 amide bonds. The predicted molar refractivity (Wildman–Crippen MR) is 54.2 cm³/mol. The lowest BCUT2D eigenvalue weighted by Gasteiger charge is -2.37. The van der Waals surface area contributed by atoms with Crippen LogP contribution in [0.5, 0.6) is 0 Å². The molecule has 0 aliphatic heterocycles. The van der Waals surface area contributed by atoms with E-state index in [4.69, 9.17) is 0 Å². The molecular weight excluding hydrogens is 148 g/mol. The Morgan fingerprint density at radius 2 is 1.42 bits per heavy atom. The van der Waals surface area contributed by atoms with E-state index in [0.29, 0.717) is 12.5 Å². The van der Waals surface area contributed by atoms with E-state index >= 15 is 0 Å². The van der Waals surface area contributed by atoms with Crippen molar-refractivity contribution in [2.45, 2.75) is 53.4 Å². The van der Waals surface area contributed by atoms with Gasteiger partial charge in [0, 0.05) is 6.61 Å². The number of rotatable bonds is 6. The Balaban J connectivity index is 4.42. The van der Waals surface area contributed by atoms with Gasteiger partial charge >= 0.3 is 0 Å². The van der Waals surface area contributed by atoms with Crippen LogP contribution in [0.25, 0.3) is 0 Å². The molecule has 0 aromatic rings. The first-order chi connectivity index (χ1) is 5.70. The van der Waals surface area contributed by atoms with Gasteiger partial charge in [-0.2, -0.15) is 0 Å². The van der Waals surface area contributed by atoms with Gasteiger partial charge in [-0.3, -0.25) is 0 Å². The van der Waals surface area contributed by atoms with Gasteiger partial charge in [-0.15, -0.1) is 0 Å². The van der Waals surface area contributed by atoms with E-state index in [1.165, 1.54) is 12.8 Å². The van der Waals surface area contributed by atoms with Gasteiger partial charge in [-0.1, -0.05) is 40.5 Å². The molecule has 0 radical (unpaired) electrons. The van der Waals surface area contributed by atoms with Gasteiger partial charge < -0.3 is 5.11 Å². The van der Waals surface area contributed by atoms with Crippen LogP contribution in [-0.2, 0) is 0 Å². The van der Waals surface area contributed by atoms with Crippen molar-refractivity contribution in [1.29, 1.82) is 0 Å². The van der Waals surface area contributed by atoms with E-state index in [-0.39, 0.29) is 5.41 Å². The van der Waals surface area contributed by atoms with Crippen molar-refractivity contribution in [2.75, 3.05) is 6.61 Å². The molecular formula is C11H24O. The summed E-state index contributed by atoms with van der Waals surface area (Å²) in [6, 6.07) is 0. The quantitative estimate of drug-likeness (QED) is 0.652. The molecule has 0 heterocycles. The van der Waals surface area contributed by atoms with E-state index in [9.17, 15) is 5.11 Å². The summed E-state index contributed by atoms with van der Waals surface area (Å²) in [7, 11) is 0. The van der Waals surface area contributed by atoms with E-state index in [2.05, 4.69) is 27.7 Å². The van der Waals surface area contributed by atoms with Gasteiger partial charge in [0.25, 0.3) is 0 Å². The maximum atomic E-state index is 9.41. The van der Waals surface area contributed by atoms with Crippen molar-refractivity contribution in [2.24, 2.45) is 11.3 Å². The standard InChI is InChI=1S/C11H24O/c1-5-10(6-2)11(7-3,8-4)9-12/h10,12H,5-9H2,1-4H3. The highest BCUT2D eigenvalue weighted by molar-refractivity contribution is 4.82. The van der Waals surface area contributed by atoms with Gasteiger partial charge in [0.2, 0.25) is 0 Å². The molecule has 0 saturated heterocycles. The lowest BCUT2D eigenvalue weighted by Crippen LogP contribution is -2.32. The van der Waals surface area contributed by atoms with Gasteiger partial charge in [0.1, 0.15) is 0 Å². The molecule has 0 aromatic carbocycles. The fourth-order valence-corrected chi connectivity index (χ4v) is 2.33. The molecule has 1 N–H and O–H groups in total. The summed E-state index contributed by atoms with van der Waals surface area (Å²) in [5.74, 6) is 0.692. The molecule has 1 heteroatoms. The van der Waals surface area contributed by atoms with E-state index < -0.39 is 0 Å². The Morgan fingerprint density at radius 3 is 1.50 bits per heavy atom. The fourth-order valence-electron chi connectivity index (χ4n) is 2.33. The van der Waals surface area contributed by atoms with Crippen LogP contribution in [0.3, 0.4) is 0 Å². The molecule has 0 rings (SSSR count). The summed E-state index contributed by atoms with van der Waals surface area (Å²) in [6.45, 7) is 9.19. The number of aliphatic hydroxyl groups is 1. The molecule has 0 aliphatic carbocycles. The third-order valence-electron chi connectivity index (χ3n) is 3.57. The zero-order valence-corrected chi connectivity index (χ0v) is 9.06. The van der Waals surface area contributed by atoms with E-state index in [1.807, 2.05) is 0 Å². The Kier molecular flexibility index (Phi) is 5.56. The van der Waals surface area contributed by atoms with Crippen molar-refractivity contribution in [1.82, 2.24) is 0 Å². The molecule has 74 valence electrons. The monoisotopic (exact) mass is 172 g/mol. The first-order valence-corrected chi connectivity index (χ1v) is 5.31. The van der Waals surface area contributed by atoms with Crippen LogP contribution in [0.2, 0.25) is 0 Å². The maximum Gasteiger partial charge on any atom is 0.0489 e. The van der Waals surface area contributed by atoms with Gasteiger partial charge in [0.05, 0.1) is 0 Å². The maximum absolute atomic E-state index is 9.41. The Hall–Kier alpha value is -0.0400. The molecule has 0 unspecified atom stereocenters. The van der Waals surface area contributed by atoms with Crippen LogP contribution < -0.4 is 0 Å². The molecule has 12 heavy (non-hydrogen) atoms. The highest BCUT2D eigenvalue weighted by Crippen LogP contribution is 2.38. The number of aliphatic hydroxyl groups excluding tert-OH is 1. The molecule has 0 saturated carbocycles. The second-order valence-electron chi connectivity index (χ2n) is 3.74. The third kappa shape index (κ3) is 2.22. The van der Waals surface area contributed by atoms with Crippen molar-refractivity contribution in [3.05, 3.63) is 0 Å². The van der Waals surface area contributed by atoms with Crippen molar-refractivity contribution >= 4 is 0 Å². The largest absolute Gasteiger partial charge is 0.396 e. The highest BCUT2D eigenvalue weighted by Gasteiger charge is 2.32. The molecule has 0 aromatic heterocycles. The van der Waals surface area contributed by atoms with Crippen LogP contribution in [-0.4, -0.2) is 11.7 Å².